The van der Waals surface area contributed by atoms with Crippen LogP contribution in [0.5, 0.6) is 0 Å². The summed E-state index contributed by atoms with van der Waals surface area (Å²) in [5.74, 6) is -0.252. The lowest BCUT2D eigenvalue weighted by molar-refractivity contribution is 0.102. The molecule has 0 saturated heterocycles. The molecular weight excluding hydrogens is 368 g/mol. The number of hydrogen-bond acceptors (Lipinski definition) is 5. The SMILES string of the molecule is O=C(Nc1cccnc1)c1cnn2ccc(-c3c[nH]c4nc(CO)ccc34)cc12. The molecule has 0 fully saturated rings. The molecule has 1 amide bonds. The summed E-state index contributed by atoms with van der Waals surface area (Å²) in [4.78, 5) is 24.3. The van der Waals surface area contributed by atoms with E-state index in [1.54, 1.807) is 41.3 Å². The van der Waals surface area contributed by atoms with Gasteiger partial charge in [-0.15, -0.1) is 0 Å². The smallest absolute Gasteiger partial charge is 0.259 e. The molecular formula is C21H16N6O2. The Bertz CT molecular complexity index is 1340. The van der Waals surface area contributed by atoms with Gasteiger partial charge in [-0.3, -0.25) is 9.78 Å². The predicted molar refractivity (Wildman–Crippen MR) is 108 cm³/mol. The van der Waals surface area contributed by atoms with Crippen LogP contribution >= 0.6 is 0 Å². The number of amides is 1. The highest BCUT2D eigenvalue weighted by Crippen LogP contribution is 2.29. The van der Waals surface area contributed by atoms with Gasteiger partial charge in [-0.25, -0.2) is 9.50 Å². The monoisotopic (exact) mass is 384 g/mol. The summed E-state index contributed by atoms with van der Waals surface area (Å²) in [7, 11) is 0. The quantitative estimate of drug-likeness (QED) is 0.441. The molecule has 0 aliphatic carbocycles. The number of aromatic nitrogens is 5. The van der Waals surface area contributed by atoms with Crippen LogP contribution in [0.25, 0.3) is 27.7 Å². The molecule has 8 nitrogen and oxygen atoms in total. The van der Waals surface area contributed by atoms with Crippen LogP contribution in [0.3, 0.4) is 0 Å². The molecule has 0 unspecified atom stereocenters. The maximum Gasteiger partial charge on any atom is 0.259 e. The van der Waals surface area contributed by atoms with E-state index in [-0.39, 0.29) is 12.5 Å². The minimum Gasteiger partial charge on any atom is -0.390 e. The number of aliphatic hydroxyl groups is 1. The van der Waals surface area contributed by atoms with Gasteiger partial charge in [0.05, 0.1) is 41.5 Å². The summed E-state index contributed by atoms with van der Waals surface area (Å²) in [6.07, 6.45) is 8.48. The molecule has 0 aromatic carbocycles. The van der Waals surface area contributed by atoms with Gasteiger partial charge in [0.2, 0.25) is 0 Å². The van der Waals surface area contributed by atoms with Crippen molar-refractivity contribution in [2.24, 2.45) is 0 Å². The van der Waals surface area contributed by atoms with E-state index in [2.05, 4.69) is 25.4 Å². The van der Waals surface area contributed by atoms with Crippen molar-refractivity contribution < 1.29 is 9.90 Å². The van der Waals surface area contributed by atoms with Crippen molar-refractivity contribution in [2.75, 3.05) is 5.32 Å². The van der Waals surface area contributed by atoms with E-state index in [1.165, 1.54) is 0 Å². The zero-order chi connectivity index (χ0) is 19.8. The van der Waals surface area contributed by atoms with Gasteiger partial charge in [-0.05, 0) is 42.0 Å². The maximum atomic E-state index is 12.7. The topological polar surface area (TPSA) is 108 Å². The fourth-order valence-corrected chi connectivity index (χ4v) is 3.33. The predicted octanol–water partition coefficient (Wildman–Crippen LogP) is 3.02. The third-order valence-corrected chi connectivity index (χ3v) is 4.75. The normalized spacial score (nSPS) is 11.2. The highest BCUT2D eigenvalue weighted by Gasteiger charge is 2.15. The van der Waals surface area contributed by atoms with Crippen LogP contribution in [0, 0.1) is 0 Å². The van der Waals surface area contributed by atoms with Gasteiger partial charge < -0.3 is 15.4 Å². The number of nitrogens with zero attached hydrogens (tertiary/aromatic N) is 4. The lowest BCUT2D eigenvalue weighted by Crippen LogP contribution is -2.11. The summed E-state index contributed by atoms with van der Waals surface area (Å²) in [5.41, 5.74) is 4.98. The number of pyridine rings is 3. The number of aromatic amines is 1. The Morgan fingerprint density at radius 1 is 1.21 bits per heavy atom. The fraction of sp³-hybridized carbons (Fsp3) is 0.0476. The lowest BCUT2D eigenvalue weighted by atomic mass is 10.1. The van der Waals surface area contributed by atoms with Gasteiger partial charge in [0.25, 0.3) is 5.91 Å². The molecule has 0 bridgehead atoms. The standard InChI is InChI=1S/C21H16N6O2/c28-12-15-3-4-16-17(10-23-20(16)25-15)13-5-7-27-19(8-13)18(11-24-27)21(29)26-14-2-1-6-22-9-14/h1-11,28H,12H2,(H,23,25)(H,26,29). The number of carbonyl (C=O) groups is 1. The second-order valence-corrected chi connectivity index (χ2v) is 6.56. The van der Waals surface area contributed by atoms with Crippen molar-refractivity contribution >= 4 is 28.1 Å². The zero-order valence-corrected chi connectivity index (χ0v) is 15.2. The molecule has 5 aromatic heterocycles. The average molecular weight is 384 g/mol. The molecule has 0 saturated carbocycles. The molecule has 29 heavy (non-hydrogen) atoms. The van der Waals surface area contributed by atoms with E-state index in [4.69, 9.17) is 0 Å². The lowest BCUT2D eigenvalue weighted by Gasteiger charge is -2.05. The number of aliphatic hydroxyl groups excluding tert-OH is 1. The summed E-state index contributed by atoms with van der Waals surface area (Å²) in [6.45, 7) is -0.110. The Kier molecular flexibility index (Phi) is 4.03. The van der Waals surface area contributed by atoms with Gasteiger partial charge in [0.1, 0.15) is 5.65 Å². The second-order valence-electron chi connectivity index (χ2n) is 6.56. The maximum absolute atomic E-state index is 12.7. The zero-order valence-electron chi connectivity index (χ0n) is 15.2. The van der Waals surface area contributed by atoms with Crippen LogP contribution in [0.2, 0.25) is 0 Å². The van der Waals surface area contributed by atoms with Crippen molar-refractivity contribution in [2.45, 2.75) is 6.61 Å². The largest absolute Gasteiger partial charge is 0.390 e. The number of anilines is 1. The van der Waals surface area contributed by atoms with Gasteiger partial charge in [-0.1, -0.05) is 0 Å². The van der Waals surface area contributed by atoms with Crippen LogP contribution in [-0.4, -0.2) is 35.6 Å². The number of fused-ring (bicyclic) bond motifs is 2. The van der Waals surface area contributed by atoms with Crippen LogP contribution in [-0.2, 0) is 6.61 Å². The first kappa shape index (κ1) is 17.1. The average Bonchev–Trinajstić information content (AvgIpc) is 3.37. The minimum absolute atomic E-state index is 0.110. The molecule has 8 heteroatoms. The Morgan fingerprint density at radius 2 is 2.14 bits per heavy atom. The highest BCUT2D eigenvalue weighted by atomic mass is 16.3. The first-order valence-electron chi connectivity index (χ1n) is 9.00. The summed E-state index contributed by atoms with van der Waals surface area (Å²) < 4.78 is 1.67. The van der Waals surface area contributed by atoms with Crippen molar-refractivity contribution in [3.63, 3.8) is 0 Å². The Hall–Kier alpha value is -4.04. The van der Waals surface area contributed by atoms with Gasteiger partial charge in [0, 0.05) is 29.5 Å². The highest BCUT2D eigenvalue weighted by molar-refractivity contribution is 6.09. The third-order valence-electron chi connectivity index (χ3n) is 4.75. The molecule has 142 valence electrons. The number of nitrogens with one attached hydrogen (secondary N) is 2. The number of rotatable bonds is 4. The first-order chi connectivity index (χ1) is 14.2. The van der Waals surface area contributed by atoms with E-state index in [0.717, 1.165) is 16.5 Å². The third kappa shape index (κ3) is 3.01. The fourth-order valence-electron chi connectivity index (χ4n) is 3.33. The second kappa shape index (κ2) is 6.84. The molecule has 0 spiro atoms. The number of hydrogen-bond donors (Lipinski definition) is 3. The Morgan fingerprint density at radius 3 is 2.97 bits per heavy atom. The summed E-state index contributed by atoms with van der Waals surface area (Å²) >= 11 is 0. The molecule has 0 radical (unpaired) electrons. The van der Waals surface area contributed by atoms with Crippen molar-refractivity contribution in [1.29, 1.82) is 0 Å². The Balaban J connectivity index is 1.55. The van der Waals surface area contributed by atoms with E-state index in [1.807, 2.05) is 30.6 Å². The van der Waals surface area contributed by atoms with Crippen LogP contribution in [0.15, 0.2) is 67.4 Å². The van der Waals surface area contributed by atoms with Crippen molar-refractivity contribution in [3.8, 4) is 11.1 Å². The summed E-state index contributed by atoms with van der Waals surface area (Å²) in [5, 5.41) is 17.3. The van der Waals surface area contributed by atoms with Crippen molar-refractivity contribution in [1.82, 2.24) is 24.6 Å². The molecule has 3 N–H and O–H groups in total. The summed E-state index contributed by atoms with van der Waals surface area (Å²) in [6, 6.07) is 11.1. The molecule has 0 aliphatic rings. The van der Waals surface area contributed by atoms with E-state index < -0.39 is 0 Å². The van der Waals surface area contributed by atoms with Gasteiger partial charge >= 0.3 is 0 Å². The van der Waals surface area contributed by atoms with Crippen LogP contribution < -0.4 is 5.32 Å². The van der Waals surface area contributed by atoms with E-state index >= 15 is 0 Å². The van der Waals surface area contributed by atoms with Crippen LogP contribution in [0.4, 0.5) is 5.69 Å². The molecule has 5 aromatic rings. The van der Waals surface area contributed by atoms with E-state index in [9.17, 15) is 9.90 Å². The van der Waals surface area contributed by atoms with Gasteiger partial charge in [0.15, 0.2) is 0 Å². The van der Waals surface area contributed by atoms with E-state index in [0.29, 0.717) is 28.1 Å². The number of H-pyrrole nitrogens is 1. The minimum atomic E-state index is -0.252. The molecule has 5 heterocycles. The number of carbonyl (C=O) groups excluding carboxylic acids is 1. The van der Waals surface area contributed by atoms with Crippen LogP contribution in [0.1, 0.15) is 16.1 Å². The molecule has 0 atom stereocenters. The van der Waals surface area contributed by atoms with Gasteiger partial charge in [-0.2, -0.15) is 5.10 Å². The van der Waals surface area contributed by atoms with Crippen molar-refractivity contribution in [3.05, 3.63) is 78.6 Å². The Labute approximate surface area is 164 Å². The first-order valence-corrected chi connectivity index (χ1v) is 9.00. The molecule has 5 rings (SSSR count). The molecule has 0 aliphatic heterocycles.